The summed E-state index contributed by atoms with van der Waals surface area (Å²) in [6.45, 7) is 0. The first-order valence-electron chi connectivity index (χ1n) is 3.99. The first kappa shape index (κ1) is 8.39. The first-order chi connectivity index (χ1) is 5.97. The fourth-order valence-corrected chi connectivity index (χ4v) is 10.2. The minimum atomic E-state index is -1.03. The van der Waals surface area contributed by atoms with Gasteiger partial charge >= 0.3 is 83.2 Å². The van der Waals surface area contributed by atoms with Crippen molar-refractivity contribution in [3.05, 3.63) is 44.6 Å². The van der Waals surface area contributed by atoms with Crippen molar-refractivity contribution in [3.63, 3.8) is 0 Å². The molecule has 0 unspecified atom stereocenters. The van der Waals surface area contributed by atoms with Crippen molar-refractivity contribution in [2.75, 3.05) is 0 Å². The normalized spacial score (nSPS) is 19.3. The molecule has 2 heterocycles. The maximum absolute atomic E-state index is 2.43. The molecule has 2 rings (SSSR count). The van der Waals surface area contributed by atoms with Gasteiger partial charge in [-0.05, 0) is 0 Å². The fraction of sp³-hybridized carbons (Fsp3) is 0. The third-order valence-electron chi connectivity index (χ3n) is 1.79. The first-order valence-corrected chi connectivity index (χ1v) is 9.72. The molecule has 12 heavy (non-hydrogen) atoms. The van der Waals surface area contributed by atoms with Gasteiger partial charge in [-0.3, -0.25) is 0 Å². The Morgan fingerprint density at radius 3 is 2.67 bits per heavy atom. The molecule has 0 saturated carbocycles. The van der Waals surface area contributed by atoms with Crippen molar-refractivity contribution in [1.82, 2.24) is 0 Å². The molecule has 0 aromatic heterocycles. The molecule has 0 aromatic rings. The molecule has 0 atom stereocenters. The van der Waals surface area contributed by atoms with Gasteiger partial charge in [0.25, 0.3) is 0 Å². The third-order valence-corrected chi connectivity index (χ3v) is 12.2. The van der Waals surface area contributed by atoms with Crippen LogP contribution < -0.4 is 0 Å². The predicted molar refractivity (Wildman–Crippen MR) is 59.1 cm³/mol. The van der Waals surface area contributed by atoms with Crippen LogP contribution >= 0.6 is 0 Å². The average molecular weight is 274 g/mol. The summed E-state index contributed by atoms with van der Waals surface area (Å²) in [7, 11) is 0. The van der Waals surface area contributed by atoms with Gasteiger partial charge in [-0.1, -0.05) is 0 Å². The molecule has 0 amide bonds. The quantitative estimate of drug-likeness (QED) is 0.627. The van der Waals surface area contributed by atoms with Crippen molar-refractivity contribution >= 4 is 38.6 Å². The molecular weight excluding hydrogens is 265 g/mol. The van der Waals surface area contributed by atoms with E-state index in [1.807, 2.05) is 0 Å². The van der Waals surface area contributed by atoms with Gasteiger partial charge in [0.1, 0.15) is 0 Å². The van der Waals surface area contributed by atoms with Crippen LogP contribution in [-0.4, -0.2) is 38.6 Å². The van der Waals surface area contributed by atoms with E-state index in [4.69, 9.17) is 0 Å². The van der Waals surface area contributed by atoms with Gasteiger partial charge in [-0.25, -0.2) is 0 Å². The molecule has 0 bridgehead atoms. The van der Waals surface area contributed by atoms with E-state index in [1.165, 1.54) is 0 Å². The standard InChI is InChI=1S/C10H9Ge2/c1-4-8-12(9-5-1)10-6-2-3-7-11-10/h1-9H. The van der Waals surface area contributed by atoms with E-state index in [0.717, 1.165) is 0 Å². The Balaban J connectivity index is 2.31. The van der Waals surface area contributed by atoms with Crippen LogP contribution in [0.25, 0.3) is 0 Å². The Kier molecular flexibility index (Phi) is 2.90. The molecule has 0 nitrogen and oxygen atoms in total. The molecular formula is C10H9Ge2. The summed E-state index contributed by atoms with van der Waals surface area (Å²) in [4.78, 5) is 7.24. The van der Waals surface area contributed by atoms with E-state index in [-0.39, 0.29) is 15.0 Å². The van der Waals surface area contributed by atoms with Crippen LogP contribution in [0.5, 0.6) is 0 Å². The second-order valence-corrected chi connectivity index (χ2v) is 11.7. The molecule has 2 heteroatoms. The van der Waals surface area contributed by atoms with Crippen LogP contribution in [0, 0.1) is 0 Å². The molecule has 2 aliphatic heterocycles. The van der Waals surface area contributed by atoms with E-state index in [1.54, 1.807) is 3.24 Å². The monoisotopic (exact) mass is 277 g/mol. The molecule has 2 aliphatic rings. The summed E-state index contributed by atoms with van der Waals surface area (Å²) in [5.41, 5.74) is 0. The van der Waals surface area contributed by atoms with Crippen LogP contribution in [0.4, 0.5) is 0 Å². The van der Waals surface area contributed by atoms with Crippen molar-refractivity contribution in [2.45, 2.75) is 0 Å². The molecule has 1 radical (unpaired) electrons. The van der Waals surface area contributed by atoms with E-state index < -0.39 is 13.9 Å². The molecule has 0 N–H and O–H groups in total. The van der Waals surface area contributed by atoms with Crippen molar-refractivity contribution in [2.24, 2.45) is 0 Å². The van der Waals surface area contributed by atoms with Gasteiger partial charge in [0.05, 0.1) is 0 Å². The summed E-state index contributed by atoms with van der Waals surface area (Å²) >= 11 is -0.932. The maximum atomic E-state index is 2.43. The molecule has 0 aromatic carbocycles. The third kappa shape index (κ3) is 1.93. The van der Waals surface area contributed by atoms with Crippen LogP contribution in [0.2, 0.25) is 0 Å². The second-order valence-electron chi connectivity index (χ2n) is 2.64. The van der Waals surface area contributed by atoms with Gasteiger partial charge in [0.15, 0.2) is 0 Å². The Morgan fingerprint density at radius 2 is 2.00 bits per heavy atom. The van der Waals surface area contributed by atoms with Crippen LogP contribution in [0.3, 0.4) is 0 Å². The topological polar surface area (TPSA) is 0 Å². The number of hydrogen-bond acceptors (Lipinski definition) is 0. The summed E-state index contributed by atoms with van der Waals surface area (Å²) in [5.74, 6) is 0. The number of allylic oxidation sites excluding steroid dienone is 6. The Labute approximate surface area is 83.0 Å². The van der Waals surface area contributed by atoms with Gasteiger partial charge in [0.2, 0.25) is 0 Å². The fourth-order valence-electron chi connectivity index (χ4n) is 1.19. The SMILES string of the molecule is C1=C[CH]=[Ge]([C]2=CC=C[CH]=[Ge]2)[CH]=C1. The predicted octanol–water partition coefficient (Wildman–Crippen LogP) is 1.03. The molecule has 0 spiro atoms. The van der Waals surface area contributed by atoms with E-state index in [2.05, 4.69) is 51.1 Å². The van der Waals surface area contributed by atoms with Crippen molar-refractivity contribution in [3.8, 4) is 0 Å². The van der Waals surface area contributed by atoms with Gasteiger partial charge < -0.3 is 0 Å². The Hall–Kier alpha value is -0.214. The summed E-state index contributed by atoms with van der Waals surface area (Å²) in [5, 5.41) is 0. The summed E-state index contributed by atoms with van der Waals surface area (Å²) < 4.78 is 1.78. The molecule has 0 saturated heterocycles. The zero-order valence-corrected chi connectivity index (χ0v) is 10.9. The average Bonchev–Trinajstić information content (AvgIpc) is 2.21. The van der Waals surface area contributed by atoms with Crippen LogP contribution in [0.15, 0.2) is 44.6 Å². The second kappa shape index (κ2) is 4.14. The summed E-state index contributed by atoms with van der Waals surface area (Å²) in [6.07, 6.45) is 13.3. The van der Waals surface area contributed by atoms with Crippen LogP contribution in [-0.2, 0) is 0 Å². The van der Waals surface area contributed by atoms with E-state index in [0.29, 0.717) is 0 Å². The van der Waals surface area contributed by atoms with Crippen molar-refractivity contribution < 1.29 is 0 Å². The summed E-state index contributed by atoms with van der Waals surface area (Å²) in [6, 6.07) is 0. The molecule has 0 aliphatic carbocycles. The van der Waals surface area contributed by atoms with Crippen LogP contribution in [0.1, 0.15) is 0 Å². The zero-order chi connectivity index (χ0) is 8.23. The van der Waals surface area contributed by atoms with Crippen molar-refractivity contribution in [1.29, 1.82) is 0 Å². The van der Waals surface area contributed by atoms with E-state index >= 15 is 0 Å². The van der Waals surface area contributed by atoms with Gasteiger partial charge in [0, 0.05) is 0 Å². The molecule has 57 valence electrons. The number of hydrogen-bond donors (Lipinski definition) is 0. The minimum absolute atomic E-state index is 0.103. The Bertz CT molecular complexity index is 316. The van der Waals surface area contributed by atoms with Gasteiger partial charge in [-0.2, -0.15) is 0 Å². The molecule has 0 fully saturated rings. The zero-order valence-electron chi connectivity index (χ0n) is 6.70. The Morgan fingerprint density at radius 1 is 1.00 bits per heavy atom. The number of rotatable bonds is 1. The van der Waals surface area contributed by atoms with Gasteiger partial charge in [-0.15, -0.1) is 0 Å². The van der Waals surface area contributed by atoms with E-state index in [9.17, 15) is 0 Å².